The highest BCUT2D eigenvalue weighted by Gasteiger charge is 2.32. The van der Waals surface area contributed by atoms with Crippen molar-refractivity contribution < 1.29 is 5.11 Å². The van der Waals surface area contributed by atoms with Crippen LogP contribution in [0.2, 0.25) is 0 Å². The molecule has 2 heteroatoms. The van der Waals surface area contributed by atoms with Crippen molar-refractivity contribution in [2.45, 2.75) is 25.7 Å². The predicted octanol–water partition coefficient (Wildman–Crippen LogP) is 4.64. The minimum atomic E-state index is -0.275. The third-order valence-electron chi connectivity index (χ3n) is 4.46. The molecule has 2 aromatic carbocycles. The van der Waals surface area contributed by atoms with E-state index in [9.17, 15) is 5.11 Å². The van der Waals surface area contributed by atoms with Gasteiger partial charge in [-0.3, -0.25) is 0 Å². The van der Waals surface area contributed by atoms with Crippen LogP contribution in [0.1, 0.15) is 36.4 Å². The van der Waals surface area contributed by atoms with Gasteiger partial charge in [-0.25, -0.2) is 0 Å². The zero-order chi connectivity index (χ0) is 15.6. The van der Waals surface area contributed by atoms with E-state index < -0.39 is 0 Å². The Morgan fingerprint density at radius 2 is 1.50 bits per heavy atom. The van der Waals surface area contributed by atoms with E-state index in [0.717, 1.165) is 12.0 Å². The van der Waals surface area contributed by atoms with E-state index in [-0.39, 0.29) is 5.41 Å². The van der Waals surface area contributed by atoms with E-state index in [0.29, 0.717) is 5.75 Å². The van der Waals surface area contributed by atoms with Crippen molar-refractivity contribution in [1.82, 2.24) is 4.98 Å². The van der Waals surface area contributed by atoms with Crippen molar-refractivity contribution in [2.24, 2.45) is 0 Å². The maximum absolute atomic E-state index is 9.60. The Balaban J connectivity index is 2.19. The smallest absolute Gasteiger partial charge is 0.115 e. The molecule has 0 unspecified atom stereocenters. The molecule has 1 atom stereocenters. The minimum absolute atomic E-state index is 0.275. The zero-order valence-electron chi connectivity index (χ0n) is 13.0. The first-order valence-electron chi connectivity index (χ1n) is 7.68. The molecule has 3 aromatic rings. The molecule has 1 aromatic heterocycles. The van der Waals surface area contributed by atoms with Crippen LogP contribution in [0.25, 0.3) is 0 Å². The number of hydrogen-bond acceptors (Lipinski definition) is 1. The van der Waals surface area contributed by atoms with Gasteiger partial charge in [0.15, 0.2) is 0 Å². The molecule has 0 bridgehead atoms. The first-order valence-corrected chi connectivity index (χ1v) is 7.68. The van der Waals surface area contributed by atoms with Gasteiger partial charge in [-0.1, -0.05) is 49.4 Å². The van der Waals surface area contributed by atoms with E-state index in [2.05, 4.69) is 55.2 Å². The Hall–Kier alpha value is -2.48. The molecule has 2 N–H and O–H groups in total. The molecule has 2 nitrogen and oxygen atoms in total. The highest BCUT2D eigenvalue weighted by molar-refractivity contribution is 5.48. The number of nitrogens with one attached hydrogen (secondary N) is 1. The third-order valence-corrected chi connectivity index (χ3v) is 4.46. The fourth-order valence-corrected chi connectivity index (χ4v) is 2.98. The lowest BCUT2D eigenvalue weighted by molar-refractivity contribution is 0.474. The number of aromatic amines is 1. The summed E-state index contributed by atoms with van der Waals surface area (Å²) >= 11 is 0. The van der Waals surface area contributed by atoms with E-state index in [1.165, 1.54) is 17.0 Å². The zero-order valence-corrected chi connectivity index (χ0v) is 13.0. The number of aromatic nitrogens is 1. The van der Waals surface area contributed by atoms with Gasteiger partial charge in [0, 0.05) is 11.4 Å². The maximum Gasteiger partial charge on any atom is 0.115 e. The Morgan fingerprint density at radius 3 is 2.09 bits per heavy atom. The number of H-pyrrole nitrogens is 1. The van der Waals surface area contributed by atoms with Crippen LogP contribution in [0.5, 0.6) is 5.75 Å². The van der Waals surface area contributed by atoms with Gasteiger partial charge >= 0.3 is 0 Å². The molecular weight excluding hydrogens is 270 g/mol. The topological polar surface area (TPSA) is 36.0 Å². The number of benzene rings is 2. The van der Waals surface area contributed by atoms with Crippen LogP contribution >= 0.6 is 0 Å². The fourth-order valence-electron chi connectivity index (χ4n) is 2.98. The average Bonchev–Trinajstić information content (AvgIpc) is 3.05. The lowest BCUT2D eigenvalue weighted by Gasteiger charge is -2.30. The monoisotopic (exact) mass is 291 g/mol. The number of phenolic OH excluding ortho intramolecular Hbond substituents is 1. The van der Waals surface area contributed by atoms with Crippen LogP contribution in [0.15, 0.2) is 66.7 Å². The second-order valence-electron chi connectivity index (χ2n) is 5.79. The van der Waals surface area contributed by atoms with E-state index >= 15 is 0 Å². The predicted molar refractivity (Wildman–Crippen MR) is 90.3 cm³/mol. The van der Waals surface area contributed by atoms with Gasteiger partial charge in [0.2, 0.25) is 0 Å². The lowest BCUT2D eigenvalue weighted by Crippen LogP contribution is -2.25. The second-order valence-corrected chi connectivity index (χ2v) is 5.79. The van der Waals surface area contributed by atoms with Crippen LogP contribution in [0.3, 0.4) is 0 Å². The maximum atomic E-state index is 9.60. The second kappa shape index (κ2) is 5.72. The molecule has 0 spiro atoms. The van der Waals surface area contributed by atoms with E-state index in [1.807, 2.05) is 18.2 Å². The molecule has 0 fully saturated rings. The average molecular weight is 291 g/mol. The van der Waals surface area contributed by atoms with Crippen LogP contribution in [-0.2, 0) is 11.8 Å². The standard InChI is InChI=1S/C20H21NO/c1-3-17-11-14-19(21-17)20(2,15-7-5-4-6-8-15)16-9-12-18(22)13-10-16/h4-14,21-22H,3H2,1-2H3/t20-/m0/s1. The molecule has 1 heterocycles. The minimum Gasteiger partial charge on any atom is -0.508 e. The first-order chi connectivity index (χ1) is 10.6. The third kappa shape index (κ3) is 2.41. The summed E-state index contributed by atoms with van der Waals surface area (Å²) in [5.41, 5.74) is 4.51. The fraction of sp³-hybridized carbons (Fsp3) is 0.200. The molecule has 0 saturated carbocycles. The molecule has 0 aliphatic rings. The summed E-state index contributed by atoms with van der Waals surface area (Å²) in [6, 6.07) is 22.3. The van der Waals surface area contributed by atoms with Crippen LogP contribution in [0.4, 0.5) is 0 Å². The van der Waals surface area contributed by atoms with Crippen molar-refractivity contribution in [3.8, 4) is 5.75 Å². The summed E-state index contributed by atoms with van der Waals surface area (Å²) in [5, 5.41) is 9.60. The summed E-state index contributed by atoms with van der Waals surface area (Å²) in [4.78, 5) is 3.55. The SMILES string of the molecule is CCc1ccc([C@@](C)(c2ccccc2)c2ccc(O)cc2)[nH]1. The van der Waals surface area contributed by atoms with Crippen molar-refractivity contribution in [3.05, 3.63) is 89.2 Å². The van der Waals surface area contributed by atoms with Crippen LogP contribution < -0.4 is 0 Å². The van der Waals surface area contributed by atoms with Gasteiger partial charge in [-0.2, -0.15) is 0 Å². The Kier molecular flexibility index (Phi) is 3.76. The highest BCUT2D eigenvalue weighted by Crippen LogP contribution is 2.38. The van der Waals surface area contributed by atoms with Crippen LogP contribution in [-0.4, -0.2) is 10.1 Å². The summed E-state index contributed by atoms with van der Waals surface area (Å²) < 4.78 is 0. The van der Waals surface area contributed by atoms with Crippen molar-refractivity contribution in [1.29, 1.82) is 0 Å². The van der Waals surface area contributed by atoms with Crippen LogP contribution in [0, 0.1) is 0 Å². The summed E-state index contributed by atoms with van der Waals surface area (Å²) in [6.45, 7) is 4.37. The lowest BCUT2D eigenvalue weighted by atomic mass is 9.74. The number of phenols is 1. The van der Waals surface area contributed by atoms with Crippen molar-refractivity contribution >= 4 is 0 Å². The Labute approximate surface area is 131 Å². The summed E-state index contributed by atoms with van der Waals surface area (Å²) in [5.74, 6) is 0.292. The summed E-state index contributed by atoms with van der Waals surface area (Å²) in [7, 11) is 0. The molecule has 0 aliphatic heterocycles. The number of aryl methyl sites for hydroxylation is 1. The molecule has 0 radical (unpaired) electrons. The van der Waals surface area contributed by atoms with E-state index in [1.54, 1.807) is 12.1 Å². The number of hydrogen-bond donors (Lipinski definition) is 2. The van der Waals surface area contributed by atoms with Gasteiger partial charge in [0.05, 0.1) is 5.41 Å². The first kappa shape index (κ1) is 14.5. The number of rotatable bonds is 4. The largest absolute Gasteiger partial charge is 0.508 e. The van der Waals surface area contributed by atoms with Gasteiger partial charge in [-0.05, 0) is 48.7 Å². The normalized spacial score (nSPS) is 13.7. The quantitative estimate of drug-likeness (QED) is 0.722. The van der Waals surface area contributed by atoms with Crippen molar-refractivity contribution in [3.63, 3.8) is 0 Å². The van der Waals surface area contributed by atoms with Gasteiger partial charge in [0.1, 0.15) is 5.75 Å². The molecule has 112 valence electrons. The van der Waals surface area contributed by atoms with Gasteiger partial charge < -0.3 is 10.1 Å². The Morgan fingerprint density at radius 1 is 0.864 bits per heavy atom. The molecule has 0 aliphatic carbocycles. The summed E-state index contributed by atoms with van der Waals surface area (Å²) in [6.07, 6.45) is 0.987. The molecule has 22 heavy (non-hydrogen) atoms. The van der Waals surface area contributed by atoms with Gasteiger partial charge in [-0.15, -0.1) is 0 Å². The Bertz CT molecular complexity index is 743. The molecule has 0 amide bonds. The highest BCUT2D eigenvalue weighted by atomic mass is 16.3. The molecular formula is C20H21NO. The molecule has 3 rings (SSSR count). The molecule has 0 saturated heterocycles. The number of aromatic hydroxyl groups is 1. The van der Waals surface area contributed by atoms with Crippen molar-refractivity contribution in [2.75, 3.05) is 0 Å². The van der Waals surface area contributed by atoms with E-state index in [4.69, 9.17) is 0 Å². The van der Waals surface area contributed by atoms with Gasteiger partial charge in [0.25, 0.3) is 0 Å².